The number of nitrogens with one attached hydrogen (secondary N) is 1. The van der Waals surface area contributed by atoms with Crippen molar-refractivity contribution < 1.29 is 9.26 Å². The third kappa shape index (κ3) is 3.28. The molecule has 1 aromatic heterocycles. The molecule has 1 fully saturated rings. The summed E-state index contributed by atoms with van der Waals surface area (Å²) < 4.78 is 10.4. The van der Waals surface area contributed by atoms with E-state index in [2.05, 4.69) is 15.5 Å². The fraction of sp³-hybridized carbons (Fsp3) is 0.800. The molecule has 0 aliphatic carbocycles. The van der Waals surface area contributed by atoms with Crippen LogP contribution in [0.4, 0.5) is 0 Å². The maximum Gasteiger partial charge on any atom is 0.223 e. The zero-order valence-corrected chi connectivity index (χ0v) is 9.03. The number of nitrogens with zero attached hydrogens (tertiary/aromatic N) is 2. The molecule has 0 spiro atoms. The highest BCUT2D eigenvalue weighted by molar-refractivity contribution is 4.80. The summed E-state index contributed by atoms with van der Waals surface area (Å²) in [6, 6.07) is 0. The largest absolute Gasteiger partial charge is 0.373 e. The lowest BCUT2D eigenvalue weighted by Crippen LogP contribution is -2.32. The van der Waals surface area contributed by atoms with E-state index in [9.17, 15) is 0 Å². The molecular formula is C10H17N3O2. The first-order chi connectivity index (χ1) is 7.34. The molecule has 1 atom stereocenters. The Morgan fingerprint density at radius 1 is 1.60 bits per heavy atom. The van der Waals surface area contributed by atoms with Crippen LogP contribution in [0.1, 0.15) is 24.6 Å². The first kappa shape index (κ1) is 10.6. The van der Waals surface area contributed by atoms with Gasteiger partial charge in [0.05, 0.1) is 6.61 Å². The molecule has 1 aliphatic heterocycles. The SMILES string of the molecule is Cc1nc(COC[C@H]2CCCNC2)no1. The lowest BCUT2D eigenvalue weighted by molar-refractivity contribution is 0.0730. The molecule has 2 rings (SSSR count). The van der Waals surface area contributed by atoms with Gasteiger partial charge >= 0.3 is 0 Å². The van der Waals surface area contributed by atoms with Crippen LogP contribution in [0.2, 0.25) is 0 Å². The molecule has 5 nitrogen and oxygen atoms in total. The molecule has 0 saturated carbocycles. The molecule has 0 aromatic carbocycles. The van der Waals surface area contributed by atoms with Crippen LogP contribution in [0.15, 0.2) is 4.52 Å². The molecule has 1 aromatic rings. The summed E-state index contributed by atoms with van der Waals surface area (Å²) in [7, 11) is 0. The Morgan fingerprint density at radius 2 is 2.53 bits per heavy atom. The Kier molecular flexibility index (Phi) is 3.69. The van der Waals surface area contributed by atoms with Crippen molar-refractivity contribution in [2.75, 3.05) is 19.7 Å². The lowest BCUT2D eigenvalue weighted by atomic mass is 10.0. The second-order valence-corrected chi connectivity index (χ2v) is 3.96. The summed E-state index contributed by atoms with van der Waals surface area (Å²) in [5.74, 6) is 1.86. The molecule has 2 heterocycles. The molecule has 0 amide bonds. The van der Waals surface area contributed by atoms with E-state index < -0.39 is 0 Å². The van der Waals surface area contributed by atoms with Crippen LogP contribution >= 0.6 is 0 Å². The average Bonchev–Trinajstić information content (AvgIpc) is 2.66. The van der Waals surface area contributed by atoms with E-state index >= 15 is 0 Å². The topological polar surface area (TPSA) is 60.2 Å². The number of hydrogen-bond donors (Lipinski definition) is 1. The van der Waals surface area contributed by atoms with Gasteiger partial charge in [0, 0.05) is 13.5 Å². The fourth-order valence-electron chi connectivity index (χ4n) is 1.78. The predicted octanol–water partition coefficient (Wildman–Crippen LogP) is 0.894. The molecule has 15 heavy (non-hydrogen) atoms. The normalized spacial score (nSPS) is 21.8. The summed E-state index contributed by atoms with van der Waals surface area (Å²) >= 11 is 0. The van der Waals surface area contributed by atoms with Gasteiger partial charge < -0.3 is 14.6 Å². The Bertz CT molecular complexity index is 295. The highest BCUT2D eigenvalue weighted by atomic mass is 16.5. The third-order valence-electron chi connectivity index (χ3n) is 2.55. The van der Waals surface area contributed by atoms with Gasteiger partial charge in [0.15, 0.2) is 5.82 Å². The monoisotopic (exact) mass is 211 g/mol. The Morgan fingerprint density at radius 3 is 3.20 bits per heavy atom. The predicted molar refractivity (Wildman–Crippen MR) is 54.3 cm³/mol. The van der Waals surface area contributed by atoms with Gasteiger partial charge in [-0.3, -0.25) is 0 Å². The first-order valence-corrected chi connectivity index (χ1v) is 5.42. The average molecular weight is 211 g/mol. The van der Waals surface area contributed by atoms with Crippen LogP contribution in [0.5, 0.6) is 0 Å². The van der Waals surface area contributed by atoms with Gasteiger partial charge in [0.1, 0.15) is 6.61 Å². The van der Waals surface area contributed by atoms with Crippen molar-refractivity contribution in [3.05, 3.63) is 11.7 Å². The van der Waals surface area contributed by atoms with Gasteiger partial charge in [-0.25, -0.2) is 0 Å². The van der Waals surface area contributed by atoms with E-state index in [1.807, 2.05) is 0 Å². The van der Waals surface area contributed by atoms with Gasteiger partial charge in [-0.1, -0.05) is 5.16 Å². The quantitative estimate of drug-likeness (QED) is 0.801. The molecule has 5 heteroatoms. The fourth-order valence-corrected chi connectivity index (χ4v) is 1.78. The first-order valence-electron chi connectivity index (χ1n) is 5.42. The second kappa shape index (κ2) is 5.23. The van der Waals surface area contributed by atoms with Crippen LogP contribution in [-0.4, -0.2) is 29.8 Å². The number of rotatable bonds is 4. The van der Waals surface area contributed by atoms with Crippen LogP contribution in [0, 0.1) is 12.8 Å². The Labute approximate surface area is 89.2 Å². The van der Waals surface area contributed by atoms with E-state index in [0.29, 0.717) is 24.2 Å². The van der Waals surface area contributed by atoms with E-state index in [0.717, 1.165) is 19.7 Å². The van der Waals surface area contributed by atoms with Crippen molar-refractivity contribution in [1.82, 2.24) is 15.5 Å². The summed E-state index contributed by atoms with van der Waals surface area (Å²) in [6.07, 6.45) is 2.49. The van der Waals surface area contributed by atoms with Crippen LogP contribution < -0.4 is 5.32 Å². The number of aryl methyl sites for hydroxylation is 1. The van der Waals surface area contributed by atoms with Crippen molar-refractivity contribution in [3.8, 4) is 0 Å². The minimum absolute atomic E-state index is 0.452. The molecule has 0 unspecified atom stereocenters. The van der Waals surface area contributed by atoms with Gasteiger partial charge in [0.2, 0.25) is 5.89 Å². The molecule has 84 valence electrons. The molecule has 1 saturated heterocycles. The van der Waals surface area contributed by atoms with Gasteiger partial charge in [-0.2, -0.15) is 4.98 Å². The van der Waals surface area contributed by atoms with Crippen molar-refractivity contribution in [1.29, 1.82) is 0 Å². The highest BCUT2D eigenvalue weighted by Crippen LogP contribution is 2.10. The smallest absolute Gasteiger partial charge is 0.223 e. The van der Waals surface area contributed by atoms with Gasteiger partial charge in [0.25, 0.3) is 0 Å². The van der Waals surface area contributed by atoms with Crippen LogP contribution in [-0.2, 0) is 11.3 Å². The van der Waals surface area contributed by atoms with Crippen molar-refractivity contribution >= 4 is 0 Å². The number of piperidine rings is 1. The Balaban J connectivity index is 1.65. The van der Waals surface area contributed by atoms with Crippen molar-refractivity contribution in [2.45, 2.75) is 26.4 Å². The summed E-state index contributed by atoms with van der Waals surface area (Å²) in [5, 5.41) is 7.13. The molecule has 0 bridgehead atoms. The maximum atomic E-state index is 5.55. The molecule has 1 aliphatic rings. The van der Waals surface area contributed by atoms with E-state index in [4.69, 9.17) is 9.26 Å². The number of hydrogen-bond acceptors (Lipinski definition) is 5. The van der Waals surface area contributed by atoms with Gasteiger partial charge in [-0.15, -0.1) is 0 Å². The van der Waals surface area contributed by atoms with Crippen molar-refractivity contribution in [2.24, 2.45) is 5.92 Å². The molecule has 0 radical (unpaired) electrons. The zero-order chi connectivity index (χ0) is 10.5. The number of aromatic nitrogens is 2. The molecular weight excluding hydrogens is 194 g/mol. The van der Waals surface area contributed by atoms with Crippen molar-refractivity contribution in [3.63, 3.8) is 0 Å². The summed E-state index contributed by atoms with van der Waals surface area (Å²) in [5.41, 5.74) is 0. The van der Waals surface area contributed by atoms with E-state index in [-0.39, 0.29) is 0 Å². The highest BCUT2D eigenvalue weighted by Gasteiger charge is 2.13. The minimum Gasteiger partial charge on any atom is -0.373 e. The zero-order valence-electron chi connectivity index (χ0n) is 9.03. The van der Waals surface area contributed by atoms with E-state index in [1.54, 1.807) is 6.92 Å². The summed E-state index contributed by atoms with van der Waals surface area (Å²) in [4.78, 5) is 4.07. The van der Waals surface area contributed by atoms with Crippen LogP contribution in [0.25, 0.3) is 0 Å². The van der Waals surface area contributed by atoms with Crippen LogP contribution in [0.3, 0.4) is 0 Å². The maximum absolute atomic E-state index is 5.55. The summed E-state index contributed by atoms with van der Waals surface area (Å²) in [6.45, 7) is 5.21. The number of ether oxygens (including phenoxy) is 1. The van der Waals surface area contributed by atoms with E-state index in [1.165, 1.54) is 12.8 Å². The Hall–Kier alpha value is -0.940. The second-order valence-electron chi connectivity index (χ2n) is 3.96. The third-order valence-corrected chi connectivity index (χ3v) is 2.55. The lowest BCUT2D eigenvalue weighted by Gasteiger charge is -2.22. The standard InChI is InChI=1S/C10H17N3O2/c1-8-12-10(13-15-8)7-14-6-9-3-2-4-11-5-9/h9,11H,2-7H2,1H3/t9-/m0/s1. The molecule has 1 N–H and O–H groups in total. The minimum atomic E-state index is 0.452. The van der Waals surface area contributed by atoms with Gasteiger partial charge in [-0.05, 0) is 25.3 Å².